The van der Waals surface area contributed by atoms with Crippen LogP contribution >= 0.6 is 11.6 Å². The van der Waals surface area contributed by atoms with Crippen molar-refractivity contribution in [1.82, 2.24) is 10.2 Å². The molecule has 136 valence electrons. The maximum absolute atomic E-state index is 12.6. The molecule has 2 amide bonds. The first-order valence-electron chi connectivity index (χ1n) is 8.59. The van der Waals surface area contributed by atoms with Gasteiger partial charge in [0.05, 0.1) is 12.0 Å². The molecule has 2 saturated heterocycles. The first kappa shape index (κ1) is 18.0. The number of piperidine rings is 1. The normalized spacial score (nSPS) is 29.4. The fraction of sp³-hybridized carbons (Fsp3) is 0.556. The topological polar surface area (TPSA) is 78.9 Å². The number of carbonyl (C=O) groups is 2. The number of aliphatic carboxylic acids is 1. The second kappa shape index (κ2) is 7.62. The number of hydrogen-bond donors (Lipinski definition) is 2. The molecule has 0 spiro atoms. The third kappa shape index (κ3) is 4.25. The molecule has 4 unspecified atom stereocenters. The lowest BCUT2D eigenvalue weighted by atomic mass is 9.91. The van der Waals surface area contributed by atoms with Crippen LogP contribution in [0, 0.1) is 11.8 Å². The van der Waals surface area contributed by atoms with Crippen LogP contribution in [0.4, 0.5) is 4.79 Å². The number of nitrogens with zero attached hydrogens (tertiary/aromatic N) is 1. The van der Waals surface area contributed by atoms with E-state index < -0.39 is 11.9 Å². The maximum atomic E-state index is 12.6. The predicted molar refractivity (Wildman–Crippen MR) is 93.6 cm³/mol. The largest absolute Gasteiger partial charge is 0.481 e. The molecule has 0 radical (unpaired) electrons. The summed E-state index contributed by atoms with van der Waals surface area (Å²) in [5.41, 5.74) is 0.975. The number of hydrogen-bond acceptors (Lipinski definition) is 3. The van der Waals surface area contributed by atoms with E-state index in [2.05, 4.69) is 5.32 Å². The second-order valence-corrected chi connectivity index (χ2v) is 7.41. The molecule has 0 saturated carbocycles. The van der Waals surface area contributed by atoms with Crippen molar-refractivity contribution in [3.8, 4) is 0 Å². The average molecular weight is 367 g/mol. The zero-order chi connectivity index (χ0) is 18.0. The van der Waals surface area contributed by atoms with Gasteiger partial charge in [-0.15, -0.1) is 0 Å². The number of nitrogens with one attached hydrogen (secondary N) is 1. The first-order chi connectivity index (χ1) is 11.9. The van der Waals surface area contributed by atoms with E-state index in [1.54, 1.807) is 17.0 Å². The number of urea groups is 1. The molecule has 6 nitrogen and oxygen atoms in total. The summed E-state index contributed by atoms with van der Waals surface area (Å²) in [6, 6.07) is 7.08. The van der Waals surface area contributed by atoms with Gasteiger partial charge in [-0.3, -0.25) is 4.79 Å². The molecule has 25 heavy (non-hydrogen) atoms. The summed E-state index contributed by atoms with van der Waals surface area (Å²) in [7, 11) is 0. The van der Waals surface area contributed by atoms with E-state index in [4.69, 9.17) is 16.3 Å². The minimum Gasteiger partial charge on any atom is -0.481 e. The molecule has 1 aromatic carbocycles. The van der Waals surface area contributed by atoms with Crippen LogP contribution < -0.4 is 5.32 Å². The van der Waals surface area contributed by atoms with E-state index in [0.717, 1.165) is 12.0 Å². The molecule has 0 aliphatic carbocycles. The zero-order valence-corrected chi connectivity index (χ0v) is 14.9. The Morgan fingerprint density at radius 2 is 2.00 bits per heavy atom. The van der Waals surface area contributed by atoms with Crippen molar-refractivity contribution >= 4 is 23.6 Å². The standard InChI is InChI=1S/C18H23ClN2O4/c1-11-8-13(17(22)23)10-21(9-11)18(24)20-15-6-7-25-16(15)12-2-4-14(19)5-3-12/h2-5,11,13,15-16H,6-10H2,1H3,(H,20,24)(H,22,23). The van der Waals surface area contributed by atoms with Gasteiger partial charge >= 0.3 is 12.0 Å². The fourth-order valence-corrected chi connectivity index (χ4v) is 3.79. The molecule has 1 aromatic rings. The SMILES string of the molecule is CC1CC(C(=O)O)CN(C(=O)NC2CCOC2c2ccc(Cl)cc2)C1. The molecular formula is C18H23ClN2O4. The summed E-state index contributed by atoms with van der Waals surface area (Å²) >= 11 is 5.93. The third-order valence-corrected chi connectivity index (χ3v) is 5.15. The number of carboxylic acids is 1. The van der Waals surface area contributed by atoms with Gasteiger partial charge in [-0.2, -0.15) is 0 Å². The molecular weight excluding hydrogens is 344 g/mol. The van der Waals surface area contributed by atoms with Gasteiger partial charge in [-0.25, -0.2) is 4.79 Å². The number of amides is 2. The summed E-state index contributed by atoms with van der Waals surface area (Å²) in [5.74, 6) is -1.17. The van der Waals surface area contributed by atoms with Gasteiger partial charge in [0.1, 0.15) is 6.10 Å². The minimum atomic E-state index is -0.840. The Morgan fingerprint density at radius 3 is 2.68 bits per heavy atom. The Hall–Kier alpha value is -1.79. The van der Waals surface area contributed by atoms with Crippen molar-refractivity contribution in [2.24, 2.45) is 11.8 Å². The predicted octanol–water partition coefficient (Wildman–Crippen LogP) is 2.92. The molecule has 0 bridgehead atoms. The summed E-state index contributed by atoms with van der Waals surface area (Å²) in [5, 5.41) is 12.9. The average Bonchev–Trinajstić information content (AvgIpc) is 3.03. The molecule has 2 N–H and O–H groups in total. The van der Waals surface area contributed by atoms with Gasteiger partial charge < -0.3 is 20.1 Å². The van der Waals surface area contributed by atoms with Crippen molar-refractivity contribution in [3.05, 3.63) is 34.9 Å². The Kier molecular flexibility index (Phi) is 5.49. The quantitative estimate of drug-likeness (QED) is 0.862. The number of likely N-dealkylation sites (tertiary alicyclic amines) is 1. The summed E-state index contributed by atoms with van der Waals surface area (Å²) in [6.07, 6.45) is 1.13. The van der Waals surface area contributed by atoms with Crippen LogP contribution in [0.15, 0.2) is 24.3 Å². The lowest BCUT2D eigenvalue weighted by Crippen LogP contribution is -2.52. The van der Waals surface area contributed by atoms with Gasteiger partial charge in [-0.1, -0.05) is 30.7 Å². The van der Waals surface area contributed by atoms with E-state index in [-0.39, 0.29) is 30.6 Å². The lowest BCUT2D eigenvalue weighted by molar-refractivity contribution is -0.143. The summed E-state index contributed by atoms with van der Waals surface area (Å²) in [4.78, 5) is 25.5. The third-order valence-electron chi connectivity index (χ3n) is 4.90. The van der Waals surface area contributed by atoms with Crippen LogP contribution in [0.1, 0.15) is 31.4 Å². The molecule has 3 rings (SSSR count). The Balaban J connectivity index is 1.65. The molecule has 4 atom stereocenters. The summed E-state index contributed by atoms with van der Waals surface area (Å²) < 4.78 is 5.79. The van der Waals surface area contributed by atoms with Crippen LogP contribution in [0.2, 0.25) is 5.02 Å². The van der Waals surface area contributed by atoms with E-state index in [9.17, 15) is 14.7 Å². The first-order valence-corrected chi connectivity index (χ1v) is 8.97. The number of carboxylic acid groups (broad SMARTS) is 1. The Morgan fingerprint density at radius 1 is 1.28 bits per heavy atom. The fourth-order valence-electron chi connectivity index (χ4n) is 3.66. The smallest absolute Gasteiger partial charge is 0.317 e. The van der Waals surface area contributed by atoms with Gasteiger partial charge in [0, 0.05) is 24.7 Å². The van der Waals surface area contributed by atoms with E-state index in [0.29, 0.717) is 24.6 Å². The van der Waals surface area contributed by atoms with E-state index in [1.165, 1.54) is 0 Å². The van der Waals surface area contributed by atoms with Crippen LogP contribution in [-0.4, -0.2) is 47.7 Å². The number of rotatable bonds is 3. The highest BCUT2D eigenvalue weighted by molar-refractivity contribution is 6.30. The summed E-state index contributed by atoms with van der Waals surface area (Å²) in [6.45, 7) is 3.39. The van der Waals surface area contributed by atoms with E-state index >= 15 is 0 Å². The maximum Gasteiger partial charge on any atom is 0.317 e. The van der Waals surface area contributed by atoms with Crippen LogP contribution in [0.5, 0.6) is 0 Å². The van der Waals surface area contributed by atoms with Gasteiger partial charge in [0.2, 0.25) is 0 Å². The van der Waals surface area contributed by atoms with Crippen molar-refractivity contribution in [3.63, 3.8) is 0 Å². The van der Waals surface area contributed by atoms with Gasteiger partial charge in [0.15, 0.2) is 0 Å². The molecule has 7 heteroatoms. The second-order valence-electron chi connectivity index (χ2n) is 6.97. The van der Waals surface area contributed by atoms with Crippen molar-refractivity contribution in [2.75, 3.05) is 19.7 Å². The number of carbonyl (C=O) groups excluding carboxylic acids is 1. The van der Waals surface area contributed by atoms with Gasteiger partial charge in [-0.05, 0) is 36.5 Å². The zero-order valence-electron chi connectivity index (χ0n) is 14.2. The van der Waals surface area contributed by atoms with Crippen molar-refractivity contribution < 1.29 is 19.4 Å². The molecule has 2 aliphatic heterocycles. The van der Waals surface area contributed by atoms with Crippen molar-refractivity contribution in [1.29, 1.82) is 0 Å². The van der Waals surface area contributed by atoms with Crippen LogP contribution in [0.25, 0.3) is 0 Å². The molecule has 2 fully saturated rings. The van der Waals surface area contributed by atoms with Crippen molar-refractivity contribution in [2.45, 2.75) is 31.9 Å². The molecule has 0 aromatic heterocycles. The number of ether oxygens (including phenoxy) is 1. The lowest BCUT2D eigenvalue weighted by Gasteiger charge is -2.35. The Labute approximate surface area is 152 Å². The highest BCUT2D eigenvalue weighted by Crippen LogP contribution is 2.30. The van der Waals surface area contributed by atoms with Crippen LogP contribution in [0.3, 0.4) is 0 Å². The van der Waals surface area contributed by atoms with E-state index in [1.807, 2.05) is 19.1 Å². The molecule has 2 aliphatic rings. The van der Waals surface area contributed by atoms with Gasteiger partial charge in [0.25, 0.3) is 0 Å². The Bertz CT molecular complexity index is 636. The monoisotopic (exact) mass is 366 g/mol. The highest BCUT2D eigenvalue weighted by Gasteiger charge is 2.35. The van der Waals surface area contributed by atoms with Crippen LogP contribution in [-0.2, 0) is 9.53 Å². The number of benzene rings is 1. The minimum absolute atomic E-state index is 0.130. The highest BCUT2D eigenvalue weighted by atomic mass is 35.5. The number of halogens is 1. The molecule has 2 heterocycles.